The first-order valence-corrected chi connectivity index (χ1v) is 14.9. The highest BCUT2D eigenvalue weighted by Gasteiger charge is 2.22. The molecule has 0 radical (unpaired) electrons. The number of carbonyl (C=O) groups excluding carboxylic acids is 1. The highest BCUT2D eigenvalue weighted by molar-refractivity contribution is 7.99. The van der Waals surface area contributed by atoms with Crippen LogP contribution in [0.15, 0.2) is 65.2 Å². The van der Waals surface area contributed by atoms with Crippen molar-refractivity contribution >= 4 is 56.8 Å². The number of para-hydroxylation sites is 1. The molecule has 5 aromatic rings. The summed E-state index contributed by atoms with van der Waals surface area (Å²) in [6, 6.07) is 13.7. The molecule has 0 saturated heterocycles. The number of hydrogen-bond donors (Lipinski definition) is 2. The number of nitrogens with zero attached hydrogens (tertiary/aromatic N) is 6. The van der Waals surface area contributed by atoms with Crippen molar-refractivity contribution in [2.24, 2.45) is 0 Å². The lowest BCUT2D eigenvalue weighted by Crippen LogP contribution is -2.24. The largest absolute Gasteiger partial charge is 0.383 e. The Labute approximate surface area is 231 Å². The summed E-state index contributed by atoms with van der Waals surface area (Å²) in [5.74, 6) is 1.94. The zero-order chi connectivity index (χ0) is 25.9. The summed E-state index contributed by atoms with van der Waals surface area (Å²) in [6.07, 6.45) is 6.77. The average Bonchev–Trinajstić information content (AvgIpc) is 3.65. The number of rotatable bonds is 9. The molecule has 38 heavy (non-hydrogen) atoms. The van der Waals surface area contributed by atoms with Gasteiger partial charge in [-0.05, 0) is 48.6 Å². The maximum atomic E-state index is 12.5. The van der Waals surface area contributed by atoms with Gasteiger partial charge in [0.1, 0.15) is 16.5 Å². The number of fused-ring (bicyclic) bond motifs is 3. The van der Waals surface area contributed by atoms with Crippen molar-refractivity contribution in [2.75, 3.05) is 11.5 Å². The Morgan fingerprint density at radius 3 is 2.82 bits per heavy atom. The van der Waals surface area contributed by atoms with E-state index < -0.39 is 0 Å². The number of nitrogen functional groups attached to an aromatic ring is 1. The third-order valence-electron chi connectivity index (χ3n) is 6.16. The summed E-state index contributed by atoms with van der Waals surface area (Å²) in [5, 5.41) is 14.1. The molecule has 1 aliphatic carbocycles. The van der Waals surface area contributed by atoms with Crippen molar-refractivity contribution in [3.8, 4) is 5.69 Å². The molecule has 4 aromatic heterocycles. The zero-order valence-electron chi connectivity index (χ0n) is 20.3. The number of thiophene rings is 1. The third-order valence-corrected chi connectivity index (χ3v) is 9.12. The first-order chi connectivity index (χ1) is 18.7. The second kappa shape index (κ2) is 11.1. The standard InChI is InChI=1S/C26H24N8OS3/c27-23-22-18-9-4-10-19(18)38-24(22)31-25(30-23)36-14-20-32-33-26(34(20)17-7-2-1-3-8-17)37-15-21(35)29-13-16-6-5-11-28-12-16/h1-3,5-8,11-12H,4,9-10,13-15H2,(H,29,35)(H2,27,30,31). The molecule has 1 amide bonds. The molecule has 192 valence electrons. The number of hydrogen-bond acceptors (Lipinski definition) is 10. The van der Waals surface area contributed by atoms with Crippen molar-refractivity contribution in [3.63, 3.8) is 0 Å². The summed E-state index contributed by atoms with van der Waals surface area (Å²) in [5.41, 5.74) is 9.57. The van der Waals surface area contributed by atoms with E-state index in [0.717, 1.165) is 40.1 Å². The molecule has 0 spiro atoms. The Kier molecular flexibility index (Phi) is 7.25. The van der Waals surface area contributed by atoms with E-state index in [-0.39, 0.29) is 11.7 Å². The molecule has 0 aliphatic heterocycles. The highest BCUT2D eigenvalue weighted by atomic mass is 32.2. The number of nitrogens with one attached hydrogen (secondary N) is 1. The normalized spacial score (nSPS) is 12.6. The number of nitrogens with two attached hydrogens (primary N) is 1. The number of anilines is 1. The van der Waals surface area contributed by atoms with Gasteiger partial charge in [0.15, 0.2) is 10.3 Å². The van der Waals surface area contributed by atoms with E-state index in [1.807, 2.05) is 47.0 Å². The predicted octanol–water partition coefficient (Wildman–Crippen LogP) is 4.44. The van der Waals surface area contributed by atoms with Gasteiger partial charge in [-0.25, -0.2) is 9.97 Å². The van der Waals surface area contributed by atoms with Crippen LogP contribution in [-0.4, -0.2) is 41.4 Å². The third kappa shape index (κ3) is 5.24. The maximum Gasteiger partial charge on any atom is 0.230 e. The van der Waals surface area contributed by atoms with Gasteiger partial charge < -0.3 is 11.1 Å². The monoisotopic (exact) mass is 560 g/mol. The number of aromatic nitrogens is 6. The van der Waals surface area contributed by atoms with Crippen LogP contribution in [-0.2, 0) is 29.9 Å². The van der Waals surface area contributed by atoms with Gasteiger partial charge in [-0.2, -0.15) is 0 Å². The van der Waals surface area contributed by atoms with Crippen LogP contribution in [0.25, 0.3) is 15.9 Å². The lowest BCUT2D eigenvalue weighted by atomic mass is 10.2. The lowest BCUT2D eigenvalue weighted by Gasteiger charge is -2.10. The summed E-state index contributed by atoms with van der Waals surface area (Å²) in [7, 11) is 0. The van der Waals surface area contributed by atoms with E-state index >= 15 is 0 Å². The molecule has 1 aliphatic rings. The fraction of sp³-hybridized carbons (Fsp3) is 0.231. The molecule has 6 rings (SSSR count). The van der Waals surface area contributed by atoms with Gasteiger partial charge in [0.05, 0.1) is 16.9 Å². The Balaban J connectivity index is 1.18. The summed E-state index contributed by atoms with van der Waals surface area (Å²) >= 11 is 4.56. The van der Waals surface area contributed by atoms with E-state index in [1.54, 1.807) is 23.7 Å². The van der Waals surface area contributed by atoms with Crippen LogP contribution in [0.4, 0.5) is 5.82 Å². The van der Waals surface area contributed by atoms with Crippen LogP contribution >= 0.6 is 34.9 Å². The molecular formula is C26H24N8OS3. The molecule has 0 saturated carbocycles. The molecular weight excluding hydrogens is 537 g/mol. The van der Waals surface area contributed by atoms with Crippen LogP contribution in [0.1, 0.15) is 28.2 Å². The van der Waals surface area contributed by atoms with Crippen molar-refractivity contribution in [2.45, 2.75) is 41.9 Å². The predicted molar refractivity (Wildman–Crippen MR) is 152 cm³/mol. The smallest absolute Gasteiger partial charge is 0.230 e. The van der Waals surface area contributed by atoms with E-state index in [4.69, 9.17) is 10.7 Å². The second-order valence-corrected chi connectivity index (χ2v) is 11.7. The molecule has 0 atom stereocenters. The molecule has 3 N–H and O–H groups in total. The van der Waals surface area contributed by atoms with Crippen LogP contribution in [0, 0.1) is 0 Å². The fourth-order valence-electron chi connectivity index (χ4n) is 4.41. The van der Waals surface area contributed by atoms with Gasteiger partial charge in [0, 0.05) is 29.5 Å². The van der Waals surface area contributed by atoms with Crippen LogP contribution in [0.2, 0.25) is 0 Å². The van der Waals surface area contributed by atoms with Crippen LogP contribution in [0.5, 0.6) is 0 Å². The number of benzene rings is 1. The van der Waals surface area contributed by atoms with Crippen molar-refractivity contribution in [1.82, 2.24) is 35.0 Å². The lowest BCUT2D eigenvalue weighted by molar-refractivity contribution is -0.118. The topological polar surface area (TPSA) is 124 Å². The highest BCUT2D eigenvalue weighted by Crippen LogP contribution is 2.39. The number of pyridine rings is 1. The molecule has 0 unspecified atom stereocenters. The van der Waals surface area contributed by atoms with Gasteiger partial charge in [-0.15, -0.1) is 21.5 Å². The van der Waals surface area contributed by atoms with E-state index in [1.165, 1.54) is 40.4 Å². The molecule has 0 bridgehead atoms. The number of amides is 1. The number of carbonyl (C=O) groups is 1. The van der Waals surface area contributed by atoms with Gasteiger partial charge in [0.2, 0.25) is 5.91 Å². The molecule has 4 heterocycles. The quantitative estimate of drug-likeness (QED) is 0.199. The average molecular weight is 561 g/mol. The molecule has 9 nitrogen and oxygen atoms in total. The minimum Gasteiger partial charge on any atom is -0.383 e. The van der Waals surface area contributed by atoms with Crippen molar-refractivity contribution < 1.29 is 4.79 Å². The second-order valence-electron chi connectivity index (χ2n) is 8.71. The zero-order valence-corrected chi connectivity index (χ0v) is 22.8. The molecule has 0 fully saturated rings. The minimum atomic E-state index is -0.0857. The summed E-state index contributed by atoms with van der Waals surface area (Å²) < 4.78 is 1.98. The SMILES string of the molecule is Nc1nc(SCc2nnc(SCC(=O)NCc3cccnc3)n2-c2ccccc2)nc2sc3c(c12)CCC3. The van der Waals surface area contributed by atoms with Crippen molar-refractivity contribution in [3.05, 3.63) is 76.7 Å². The molecule has 1 aromatic carbocycles. The number of thioether (sulfide) groups is 2. The Morgan fingerprint density at radius 2 is 1.97 bits per heavy atom. The van der Waals surface area contributed by atoms with Crippen LogP contribution < -0.4 is 11.1 Å². The van der Waals surface area contributed by atoms with Crippen LogP contribution in [0.3, 0.4) is 0 Å². The van der Waals surface area contributed by atoms with Gasteiger partial charge in [-0.3, -0.25) is 14.3 Å². The fourth-order valence-corrected chi connectivity index (χ4v) is 7.30. The summed E-state index contributed by atoms with van der Waals surface area (Å²) in [6.45, 7) is 0.432. The molecule has 12 heteroatoms. The van der Waals surface area contributed by atoms with E-state index in [0.29, 0.717) is 28.4 Å². The maximum absolute atomic E-state index is 12.5. The minimum absolute atomic E-state index is 0.0857. The van der Waals surface area contributed by atoms with E-state index in [9.17, 15) is 4.79 Å². The first-order valence-electron chi connectivity index (χ1n) is 12.1. The van der Waals surface area contributed by atoms with Crippen molar-refractivity contribution in [1.29, 1.82) is 0 Å². The Hall–Kier alpha value is -3.48. The Morgan fingerprint density at radius 1 is 1.08 bits per heavy atom. The Bertz CT molecular complexity index is 1590. The van der Waals surface area contributed by atoms with Gasteiger partial charge in [0.25, 0.3) is 0 Å². The first kappa shape index (κ1) is 24.8. The summed E-state index contributed by atoms with van der Waals surface area (Å²) in [4.78, 5) is 28.3. The van der Waals surface area contributed by atoms with Gasteiger partial charge in [-0.1, -0.05) is 47.8 Å². The van der Waals surface area contributed by atoms with Gasteiger partial charge >= 0.3 is 0 Å². The number of aryl methyl sites for hydroxylation is 2. The van der Waals surface area contributed by atoms with E-state index in [2.05, 4.69) is 25.5 Å².